The Morgan fingerprint density at radius 3 is 2.08 bits per heavy atom. The van der Waals surface area contributed by atoms with Gasteiger partial charge in [-0.15, -0.1) is 6.58 Å². The van der Waals surface area contributed by atoms with Gasteiger partial charge in [0.1, 0.15) is 12.1 Å². The van der Waals surface area contributed by atoms with Crippen molar-refractivity contribution >= 4 is 41.4 Å². The molecule has 2 rings (SSSR count). The van der Waals surface area contributed by atoms with E-state index in [9.17, 15) is 38.7 Å². The summed E-state index contributed by atoms with van der Waals surface area (Å²) in [5, 5.41) is 19.8. The zero-order chi connectivity index (χ0) is 36.5. The SMILES string of the molecule is C=CC[C@H](NC(=O)[C@@H](NC(=O)OCC(C)C)C1CCCCC1)C(=O)NC(CC(C)C)C(=O)C(=O)NCC(=O)CC(C(=O)O)c1ccccc1. The van der Waals surface area contributed by atoms with Gasteiger partial charge >= 0.3 is 12.1 Å². The lowest BCUT2D eigenvalue weighted by molar-refractivity contribution is -0.141. The number of benzene rings is 1. The van der Waals surface area contributed by atoms with Crippen LogP contribution >= 0.6 is 0 Å². The van der Waals surface area contributed by atoms with Crippen LogP contribution in [-0.2, 0) is 33.5 Å². The molecule has 0 aromatic heterocycles. The number of carboxylic acids is 1. The predicted octanol–water partition coefficient (Wildman–Crippen LogP) is 3.42. The fourth-order valence-electron chi connectivity index (χ4n) is 5.67. The molecule has 0 spiro atoms. The van der Waals surface area contributed by atoms with E-state index >= 15 is 0 Å². The summed E-state index contributed by atoms with van der Waals surface area (Å²) in [4.78, 5) is 90.1. The first-order valence-corrected chi connectivity index (χ1v) is 17.0. The van der Waals surface area contributed by atoms with Gasteiger partial charge in [-0.25, -0.2) is 4.79 Å². The lowest BCUT2D eigenvalue weighted by atomic mass is 9.83. The van der Waals surface area contributed by atoms with Crippen LogP contribution in [0.15, 0.2) is 43.0 Å². The number of alkyl carbamates (subject to hydrolysis) is 1. The van der Waals surface area contributed by atoms with Crippen molar-refractivity contribution in [3.63, 3.8) is 0 Å². The Balaban J connectivity index is 2.11. The fraction of sp³-hybridized carbons (Fsp3) is 0.583. The van der Waals surface area contributed by atoms with Gasteiger partial charge in [-0.1, -0.05) is 83.4 Å². The monoisotopic (exact) mass is 684 g/mol. The average molecular weight is 685 g/mol. The van der Waals surface area contributed by atoms with Crippen molar-refractivity contribution in [1.29, 1.82) is 0 Å². The van der Waals surface area contributed by atoms with Crippen molar-refractivity contribution in [2.24, 2.45) is 17.8 Å². The van der Waals surface area contributed by atoms with Gasteiger partial charge < -0.3 is 31.1 Å². The average Bonchev–Trinajstić information content (AvgIpc) is 3.06. The number of nitrogens with one attached hydrogen (secondary N) is 4. The topological polar surface area (TPSA) is 197 Å². The minimum absolute atomic E-state index is 0.00218. The first-order valence-electron chi connectivity index (χ1n) is 17.0. The van der Waals surface area contributed by atoms with Crippen LogP contribution in [0.25, 0.3) is 0 Å². The van der Waals surface area contributed by atoms with Gasteiger partial charge in [0.15, 0.2) is 5.78 Å². The standard InChI is InChI=1S/C36H52N4O9/c1-6-13-28(38-33(44)30(25-16-11-8-12-17-25)40-36(48)49-21-23(4)5)32(43)39-29(18-22(2)3)31(42)34(45)37-20-26(41)19-27(35(46)47)24-14-9-7-10-15-24/h6-7,9-10,14-15,22-23,25,27-30H,1,8,11-13,16-21H2,2-5H3,(H,37,45)(H,38,44)(H,39,43)(H,40,48)(H,46,47)/t27?,28-,29?,30-/m0/s1. The minimum atomic E-state index is -1.28. The number of carbonyl (C=O) groups excluding carboxylic acids is 6. The van der Waals surface area contributed by atoms with E-state index in [1.165, 1.54) is 6.08 Å². The number of aliphatic carboxylic acids is 1. The molecule has 1 aliphatic rings. The van der Waals surface area contributed by atoms with Crippen LogP contribution in [0.1, 0.15) is 90.5 Å². The van der Waals surface area contributed by atoms with E-state index in [1.54, 1.807) is 44.2 Å². The first kappa shape index (κ1) is 40.6. The van der Waals surface area contributed by atoms with Crippen LogP contribution in [-0.4, -0.2) is 77.7 Å². The minimum Gasteiger partial charge on any atom is -0.481 e. The Bertz CT molecular complexity index is 1310. The van der Waals surface area contributed by atoms with E-state index in [2.05, 4.69) is 27.8 Å². The molecule has 0 radical (unpaired) electrons. The molecule has 270 valence electrons. The summed E-state index contributed by atoms with van der Waals surface area (Å²) in [7, 11) is 0. The van der Waals surface area contributed by atoms with Gasteiger partial charge in [0.2, 0.25) is 17.6 Å². The highest BCUT2D eigenvalue weighted by Crippen LogP contribution is 2.27. The molecule has 4 amide bonds. The Labute approximate surface area is 288 Å². The third-order valence-electron chi connectivity index (χ3n) is 8.20. The van der Waals surface area contributed by atoms with E-state index in [0.29, 0.717) is 18.4 Å². The molecule has 1 aliphatic carbocycles. The second-order valence-corrected chi connectivity index (χ2v) is 13.4. The van der Waals surface area contributed by atoms with Crippen LogP contribution < -0.4 is 21.3 Å². The molecule has 0 saturated heterocycles. The lowest BCUT2D eigenvalue weighted by Crippen LogP contribution is -2.58. The summed E-state index contributed by atoms with van der Waals surface area (Å²) in [5.74, 6) is -6.52. The van der Waals surface area contributed by atoms with Crippen LogP contribution in [0.2, 0.25) is 0 Å². The number of hydrogen-bond acceptors (Lipinski definition) is 8. The Morgan fingerprint density at radius 2 is 1.51 bits per heavy atom. The third kappa shape index (κ3) is 14.2. The first-order chi connectivity index (χ1) is 23.2. The Hall–Kier alpha value is -4.55. The van der Waals surface area contributed by atoms with Gasteiger partial charge in [0.25, 0.3) is 5.91 Å². The number of amides is 4. The Morgan fingerprint density at radius 1 is 0.878 bits per heavy atom. The summed E-state index contributed by atoms with van der Waals surface area (Å²) in [6, 6.07) is 4.81. The molecule has 2 unspecified atom stereocenters. The van der Waals surface area contributed by atoms with E-state index in [-0.39, 0.29) is 37.2 Å². The number of Topliss-reactive ketones (excluding diaryl/α,β-unsaturated/α-hetero) is 2. The predicted molar refractivity (Wildman–Crippen MR) is 182 cm³/mol. The highest BCUT2D eigenvalue weighted by Gasteiger charge is 2.35. The maximum Gasteiger partial charge on any atom is 0.407 e. The molecule has 0 bridgehead atoms. The van der Waals surface area contributed by atoms with E-state index in [0.717, 1.165) is 19.3 Å². The van der Waals surface area contributed by atoms with Crippen LogP contribution in [0.5, 0.6) is 0 Å². The number of rotatable bonds is 20. The second kappa shape index (κ2) is 20.7. The highest BCUT2D eigenvalue weighted by atomic mass is 16.5. The van der Waals surface area contributed by atoms with Gasteiger partial charge in [0, 0.05) is 6.42 Å². The number of carboxylic acid groups (broad SMARTS) is 1. The number of ketones is 2. The molecule has 4 atom stereocenters. The zero-order valence-corrected chi connectivity index (χ0v) is 29.0. The van der Waals surface area contributed by atoms with E-state index in [1.807, 2.05) is 13.8 Å². The molecule has 1 aromatic rings. The van der Waals surface area contributed by atoms with Crippen molar-refractivity contribution in [2.75, 3.05) is 13.2 Å². The lowest BCUT2D eigenvalue weighted by Gasteiger charge is -2.31. The number of ether oxygens (including phenoxy) is 1. The van der Waals surface area contributed by atoms with Gasteiger partial charge in [-0.05, 0) is 49.0 Å². The van der Waals surface area contributed by atoms with Crippen LogP contribution in [0.4, 0.5) is 4.79 Å². The summed E-state index contributed by atoms with van der Waals surface area (Å²) in [6.45, 7) is 10.7. The molecule has 49 heavy (non-hydrogen) atoms. The van der Waals surface area contributed by atoms with Crippen molar-refractivity contribution in [1.82, 2.24) is 21.3 Å². The van der Waals surface area contributed by atoms with E-state index < -0.39 is 78.4 Å². The number of hydrogen-bond donors (Lipinski definition) is 5. The summed E-state index contributed by atoms with van der Waals surface area (Å²) >= 11 is 0. The van der Waals surface area contributed by atoms with Gasteiger partial charge in [-0.3, -0.25) is 28.8 Å². The smallest absolute Gasteiger partial charge is 0.407 e. The zero-order valence-electron chi connectivity index (χ0n) is 29.0. The summed E-state index contributed by atoms with van der Waals surface area (Å²) < 4.78 is 5.25. The molecular formula is C36H52N4O9. The molecule has 13 nitrogen and oxygen atoms in total. The van der Waals surface area contributed by atoms with Crippen LogP contribution in [0, 0.1) is 17.8 Å². The highest BCUT2D eigenvalue weighted by molar-refractivity contribution is 6.38. The molecule has 1 saturated carbocycles. The van der Waals surface area contributed by atoms with E-state index in [4.69, 9.17) is 4.74 Å². The third-order valence-corrected chi connectivity index (χ3v) is 8.20. The van der Waals surface area contributed by atoms with Crippen molar-refractivity contribution in [2.45, 2.75) is 103 Å². The fourth-order valence-corrected chi connectivity index (χ4v) is 5.67. The van der Waals surface area contributed by atoms with Gasteiger partial charge in [-0.2, -0.15) is 0 Å². The number of carbonyl (C=O) groups is 7. The van der Waals surface area contributed by atoms with Crippen molar-refractivity contribution in [3.05, 3.63) is 48.6 Å². The molecule has 1 aromatic carbocycles. The van der Waals surface area contributed by atoms with Crippen molar-refractivity contribution < 1.29 is 43.4 Å². The molecule has 13 heteroatoms. The molecule has 1 fully saturated rings. The maximum atomic E-state index is 13.6. The molecular weight excluding hydrogens is 632 g/mol. The molecule has 0 aliphatic heterocycles. The normalized spacial score (nSPS) is 15.6. The van der Waals surface area contributed by atoms with Crippen LogP contribution in [0.3, 0.4) is 0 Å². The second-order valence-electron chi connectivity index (χ2n) is 13.4. The summed E-state index contributed by atoms with van der Waals surface area (Å²) in [5.41, 5.74) is 0.429. The maximum absolute atomic E-state index is 13.6. The summed E-state index contributed by atoms with van der Waals surface area (Å²) in [6.07, 6.45) is 4.65. The van der Waals surface area contributed by atoms with Gasteiger partial charge in [0.05, 0.1) is 25.1 Å². The molecule has 0 heterocycles. The largest absolute Gasteiger partial charge is 0.481 e. The van der Waals surface area contributed by atoms with Crippen molar-refractivity contribution in [3.8, 4) is 0 Å². The Kier molecular flexibility index (Phi) is 17.2. The molecule has 5 N–H and O–H groups in total. The quantitative estimate of drug-likeness (QED) is 0.101.